The van der Waals surface area contributed by atoms with E-state index in [-0.39, 0.29) is 0 Å². The lowest BCUT2D eigenvalue weighted by atomic mass is 10.2. The molecular formula is C75H125N15. The molecule has 0 unspecified atom stereocenters. The lowest BCUT2D eigenvalue weighted by molar-refractivity contribution is 0.980. The molecule has 10 aromatic rings. The Morgan fingerprint density at radius 2 is 0.556 bits per heavy atom. The van der Waals surface area contributed by atoms with Gasteiger partial charge in [-0.05, 0) is 159 Å². The first kappa shape index (κ1) is 103. The van der Waals surface area contributed by atoms with Crippen LogP contribution in [0.1, 0.15) is 195 Å². The van der Waals surface area contributed by atoms with E-state index >= 15 is 0 Å². The summed E-state index contributed by atoms with van der Waals surface area (Å²) < 4.78 is 0. The summed E-state index contributed by atoms with van der Waals surface area (Å²) in [5.41, 5.74) is 8.99. The van der Waals surface area contributed by atoms with Gasteiger partial charge in [0.15, 0.2) is 0 Å². The molecule has 15 nitrogen and oxygen atoms in total. The van der Waals surface area contributed by atoms with Crippen molar-refractivity contribution in [3.8, 4) is 0 Å². The maximum atomic E-state index is 3.98. The molecule has 0 radical (unpaired) electrons. The van der Waals surface area contributed by atoms with Crippen LogP contribution in [0.5, 0.6) is 0 Å². The van der Waals surface area contributed by atoms with E-state index in [1.165, 1.54) is 29.3 Å². The molecule has 15 heteroatoms. The van der Waals surface area contributed by atoms with Crippen molar-refractivity contribution in [1.82, 2.24) is 75.2 Å². The molecule has 0 bridgehead atoms. The van der Waals surface area contributed by atoms with E-state index in [0.717, 1.165) is 40.0 Å². The second-order valence-electron chi connectivity index (χ2n) is 14.3. The number of aryl methyl sites for hydroxylation is 10. The molecular weight excluding hydrogens is 1110 g/mol. The van der Waals surface area contributed by atoms with Crippen LogP contribution >= 0.6 is 0 Å². The summed E-state index contributed by atoms with van der Waals surface area (Å²) in [6.07, 6.45) is 27.4. The molecule has 1 aromatic carbocycles. The Kier molecular flexibility index (Phi) is 113. The van der Waals surface area contributed by atoms with Crippen molar-refractivity contribution >= 4 is 0 Å². The van der Waals surface area contributed by atoms with Crippen LogP contribution in [-0.4, -0.2) is 75.2 Å². The van der Waals surface area contributed by atoms with Crippen LogP contribution < -0.4 is 0 Å². The molecule has 0 saturated heterocycles. The summed E-state index contributed by atoms with van der Waals surface area (Å²) >= 11 is 0. The third-order valence-corrected chi connectivity index (χ3v) is 7.70. The molecule has 10 rings (SSSR count). The van der Waals surface area contributed by atoms with Crippen LogP contribution in [0.25, 0.3) is 0 Å². The van der Waals surface area contributed by atoms with Gasteiger partial charge in [0.25, 0.3) is 0 Å². The minimum atomic E-state index is 0.822. The van der Waals surface area contributed by atoms with Gasteiger partial charge in [0.2, 0.25) is 0 Å². The molecule has 0 atom stereocenters. The first-order valence-electron chi connectivity index (χ1n) is 32.0. The average Bonchev–Trinajstić information content (AvgIpc) is 3.62. The van der Waals surface area contributed by atoms with Gasteiger partial charge in [0, 0.05) is 97.6 Å². The minimum absolute atomic E-state index is 0.822. The largest absolute Gasteiger partial charge is 0.265 e. The smallest absolute Gasteiger partial charge is 0.125 e. The lowest BCUT2D eigenvalue weighted by Crippen LogP contribution is -1.80. The first-order valence-corrected chi connectivity index (χ1v) is 32.0. The maximum Gasteiger partial charge on any atom is 0.125 e. The van der Waals surface area contributed by atoms with Gasteiger partial charge in [-0.2, -0.15) is 20.4 Å². The number of benzene rings is 1. The van der Waals surface area contributed by atoms with Gasteiger partial charge in [0.1, 0.15) is 24.3 Å². The van der Waals surface area contributed by atoms with Crippen molar-refractivity contribution < 1.29 is 0 Å². The third kappa shape index (κ3) is 95.5. The topological polar surface area (TPSA) is 193 Å². The summed E-state index contributed by atoms with van der Waals surface area (Å²) in [5, 5.41) is 14.6. The van der Waals surface area contributed by atoms with Gasteiger partial charge in [-0.1, -0.05) is 187 Å². The van der Waals surface area contributed by atoms with Gasteiger partial charge < -0.3 is 0 Å². The average molecular weight is 1240 g/mol. The molecule has 0 aliphatic carbocycles. The zero-order valence-electron chi connectivity index (χ0n) is 61.9. The molecule has 90 heavy (non-hydrogen) atoms. The molecule has 0 amide bonds. The highest BCUT2D eigenvalue weighted by Gasteiger charge is 1.80. The predicted octanol–water partition coefficient (Wildman–Crippen LogP) is 21.1. The zero-order chi connectivity index (χ0) is 71.1. The van der Waals surface area contributed by atoms with E-state index < -0.39 is 0 Å². The Hall–Kier alpha value is -8.85. The van der Waals surface area contributed by atoms with Crippen LogP contribution in [0.3, 0.4) is 0 Å². The Morgan fingerprint density at radius 1 is 0.200 bits per heavy atom. The van der Waals surface area contributed by atoms with Gasteiger partial charge in [-0.25, -0.2) is 39.9 Å². The second kappa shape index (κ2) is 99.2. The van der Waals surface area contributed by atoms with Crippen LogP contribution in [0.4, 0.5) is 0 Å². The summed E-state index contributed by atoms with van der Waals surface area (Å²) in [5.74, 6) is 1.64. The number of aromatic nitrogens is 15. The number of rotatable bonds is 0. The normalized spacial score (nSPS) is 7.44. The Bertz CT molecular complexity index is 1980. The van der Waals surface area contributed by atoms with Crippen molar-refractivity contribution in [3.05, 3.63) is 271 Å². The Balaban J connectivity index is -0.0000000957. The van der Waals surface area contributed by atoms with Gasteiger partial charge in [0.05, 0.1) is 11.9 Å². The predicted molar refractivity (Wildman–Crippen MR) is 392 cm³/mol. The van der Waals surface area contributed by atoms with Crippen LogP contribution in [-0.2, 0) is 0 Å². The summed E-state index contributed by atoms with van der Waals surface area (Å²) in [6, 6.07) is 37.0. The second-order valence-corrected chi connectivity index (χ2v) is 14.3. The highest BCUT2D eigenvalue weighted by atomic mass is 15.1. The molecule has 9 aromatic heterocycles. The third-order valence-electron chi connectivity index (χ3n) is 7.70. The van der Waals surface area contributed by atoms with Crippen molar-refractivity contribution in [2.24, 2.45) is 0 Å². The molecule has 0 aliphatic rings. The lowest BCUT2D eigenvalue weighted by Gasteiger charge is -1.82. The molecule has 0 saturated carbocycles. The summed E-state index contributed by atoms with van der Waals surface area (Å²) in [6.45, 7) is 59.6. The van der Waals surface area contributed by atoms with E-state index in [4.69, 9.17) is 0 Å². The van der Waals surface area contributed by atoms with E-state index in [1.54, 1.807) is 92.7 Å². The molecule has 0 aliphatic heterocycles. The van der Waals surface area contributed by atoms with Crippen molar-refractivity contribution in [3.63, 3.8) is 0 Å². The SMILES string of the molecule is CC.CC.CC.CC.CC.CC.CC.CC.CC.CC.Cc1ccccc1.Cc1ccccn1.Cc1cccnc1.Cc1cccnn1.Cc1ccncc1.Cc1ccncn1.Cc1ccncn1.Cc1ccnnc1.Cc1ncccn1.Cc1ncccn1. The van der Waals surface area contributed by atoms with Gasteiger partial charge >= 0.3 is 0 Å². The Morgan fingerprint density at radius 3 is 0.733 bits per heavy atom. The molecule has 0 fully saturated rings. The number of pyridine rings is 3. The van der Waals surface area contributed by atoms with Gasteiger partial charge in [-0.3, -0.25) is 15.0 Å². The summed E-state index contributed by atoms with van der Waals surface area (Å²) in [7, 11) is 0. The fraction of sp³-hybridized carbons (Fsp3) is 0.400. The highest BCUT2D eigenvalue weighted by molar-refractivity contribution is 5.12. The number of hydrogen-bond donors (Lipinski definition) is 0. The van der Waals surface area contributed by atoms with Crippen LogP contribution in [0, 0.1) is 69.2 Å². The highest BCUT2D eigenvalue weighted by Crippen LogP contribution is 1.93. The standard InChI is InChI=1S/C7H8.3C6H7N.6C5H6N2.10C2H6/c1-7-5-3-2-4-6-7;1-6-2-4-7-5-3-6;1-6-3-2-4-7-5-6;1-6-4-2-3-5-7-6;2*1-5-2-3-6-4-7-5;1-5-2-3-6-7-4-5;2*1-5-6-3-2-4-7-5;1-5-3-2-4-6-7-5;10*1-2/h2-6H,1H3;3*2-5H,1H3;6*2-4H,1H3;10*1-2H3. The molecule has 0 N–H and O–H groups in total. The number of nitrogens with zero attached hydrogens (tertiary/aromatic N) is 15. The van der Waals surface area contributed by atoms with E-state index in [9.17, 15) is 0 Å². The van der Waals surface area contributed by atoms with Crippen LogP contribution in [0.2, 0.25) is 0 Å². The quantitative estimate of drug-likeness (QED) is 0.139. The van der Waals surface area contributed by atoms with E-state index in [2.05, 4.69) is 94.3 Å². The fourth-order valence-electron chi connectivity index (χ4n) is 4.05. The fourth-order valence-corrected chi connectivity index (χ4v) is 4.05. The minimum Gasteiger partial charge on any atom is -0.265 e. The van der Waals surface area contributed by atoms with Crippen molar-refractivity contribution in [2.45, 2.75) is 208 Å². The zero-order valence-corrected chi connectivity index (χ0v) is 61.9. The number of hydrogen-bond acceptors (Lipinski definition) is 15. The maximum absolute atomic E-state index is 3.98. The van der Waals surface area contributed by atoms with Crippen molar-refractivity contribution in [1.29, 1.82) is 0 Å². The van der Waals surface area contributed by atoms with E-state index in [0.29, 0.717) is 0 Å². The molecule has 9 heterocycles. The molecule has 0 spiro atoms. The first-order chi connectivity index (χ1) is 43.9. The molecule has 500 valence electrons. The van der Waals surface area contributed by atoms with E-state index in [1.807, 2.05) is 298 Å². The van der Waals surface area contributed by atoms with Crippen LogP contribution in [0.15, 0.2) is 215 Å². The summed E-state index contributed by atoms with van der Waals surface area (Å²) in [4.78, 5) is 42.4. The van der Waals surface area contributed by atoms with Gasteiger partial charge in [-0.15, -0.1) is 0 Å². The van der Waals surface area contributed by atoms with Crippen molar-refractivity contribution in [2.75, 3.05) is 0 Å². The monoisotopic (exact) mass is 1240 g/mol. The Labute approximate surface area is 551 Å².